The van der Waals surface area contributed by atoms with Gasteiger partial charge < -0.3 is 16.0 Å². The Balaban J connectivity index is 1.27. The first kappa shape index (κ1) is 22.6. The van der Waals surface area contributed by atoms with E-state index >= 15 is 0 Å². The molecule has 3 aromatic rings. The molecule has 8 heteroatoms. The third kappa shape index (κ3) is 7.61. The predicted octanol–water partition coefficient (Wildman–Crippen LogP) is 5.88. The summed E-state index contributed by atoms with van der Waals surface area (Å²) in [6.45, 7) is 2.39. The van der Waals surface area contributed by atoms with Crippen LogP contribution in [0, 0.1) is 0 Å². The summed E-state index contributed by atoms with van der Waals surface area (Å²) in [4.78, 5) is 16.6. The van der Waals surface area contributed by atoms with Gasteiger partial charge in [-0.25, -0.2) is 4.98 Å². The molecular formula is C22H24Cl2N4OS. The van der Waals surface area contributed by atoms with E-state index in [4.69, 9.17) is 23.2 Å². The van der Waals surface area contributed by atoms with Crippen molar-refractivity contribution >= 4 is 51.3 Å². The first-order chi connectivity index (χ1) is 14.6. The lowest BCUT2D eigenvalue weighted by Crippen LogP contribution is -2.25. The van der Waals surface area contributed by atoms with E-state index in [1.807, 2.05) is 30.3 Å². The minimum Gasteiger partial charge on any atom is -0.351 e. The number of hydrogen-bond donors (Lipinski definition) is 3. The van der Waals surface area contributed by atoms with Crippen molar-refractivity contribution in [3.05, 3.63) is 75.2 Å². The van der Waals surface area contributed by atoms with Gasteiger partial charge in [-0.2, -0.15) is 0 Å². The van der Waals surface area contributed by atoms with Gasteiger partial charge in [-0.05, 0) is 61.3 Å². The Morgan fingerprint density at radius 3 is 2.57 bits per heavy atom. The Morgan fingerprint density at radius 1 is 0.967 bits per heavy atom. The Hall–Kier alpha value is -2.12. The molecule has 1 amide bonds. The van der Waals surface area contributed by atoms with Gasteiger partial charge in [0.05, 0.1) is 0 Å². The van der Waals surface area contributed by atoms with Crippen LogP contribution in [0.1, 0.15) is 35.3 Å². The van der Waals surface area contributed by atoms with Gasteiger partial charge in [0.25, 0.3) is 5.91 Å². The number of nitrogens with zero attached hydrogens (tertiary/aromatic N) is 1. The molecule has 0 aliphatic heterocycles. The van der Waals surface area contributed by atoms with Crippen LogP contribution in [-0.4, -0.2) is 24.0 Å². The largest absolute Gasteiger partial charge is 0.351 e. The quantitative estimate of drug-likeness (QED) is 0.311. The summed E-state index contributed by atoms with van der Waals surface area (Å²) in [5.41, 5.74) is 2.49. The highest BCUT2D eigenvalue weighted by molar-refractivity contribution is 7.14. The SMILES string of the molecule is O=C(NCCCCCNCc1cccc(Cl)c1)c1csc(Nc2ccc(Cl)cc2)n1. The number of carbonyl (C=O) groups is 1. The Kier molecular flexibility index (Phi) is 8.96. The average molecular weight is 463 g/mol. The minimum atomic E-state index is -0.144. The van der Waals surface area contributed by atoms with Crippen LogP contribution in [0.25, 0.3) is 0 Å². The molecule has 0 aliphatic carbocycles. The van der Waals surface area contributed by atoms with E-state index in [2.05, 4.69) is 27.0 Å². The monoisotopic (exact) mass is 462 g/mol. The first-order valence-electron chi connectivity index (χ1n) is 9.81. The summed E-state index contributed by atoms with van der Waals surface area (Å²) in [6, 6.07) is 15.2. The summed E-state index contributed by atoms with van der Waals surface area (Å²) >= 11 is 13.3. The lowest BCUT2D eigenvalue weighted by atomic mass is 10.2. The number of hydrogen-bond acceptors (Lipinski definition) is 5. The molecule has 0 radical (unpaired) electrons. The van der Waals surface area contributed by atoms with E-state index in [0.29, 0.717) is 22.4 Å². The van der Waals surface area contributed by atoms with Gasteiger partial charge in [-0.1, -0.05) is 41.8 Å². The number of unbranched alkanes of at least 4 members (excludes halogenated alkanes) is 2. The third-order valence-electron chi connectivity index (χ3n) is 4.37. The number of benzene rings is 2. The van der Waals surface area contributed by atoms with E-state index < -0.39 is 0 Å². The zero-order chi connectivity index (χ0) is 21.2. The van der Waals surface area contributed by atoms with Crippen LogP contribution in [0.15, 0.2) is 53.9 Å². The Labute approximate surface area is 190 Å². The van der Waals surface area contributed by atoms with Crippen LogP contribution >= 0.6 is 34.5 Å². The molecule has 3 N–H and O–H groups in total. The van der Waals surface area contributed by atoms with Crippen molar-refractivity contribution < 1.29 is 4.79 Å². The maximum Gasteiger partial charge on any atom is 0.270 e. The lowest BCUT2D eigenvalue weighted by molar-refractivity contribution is 0.0948. The molecule has 0 saturated carbocycles. The van der Waals surface area contributed by atoms with E-state index in [9.17, 15) is 4.79 Å². The average Bonchev–Trinajstić information content (AvgIpc) is 3.20. The summed E-state index contributed by atoms with van der Waals surface area (Å²) < 4.78 is 0. The minimum absolute atomic E-state index is 0.144. The first-order valence-corrected chi connectivity index (χ1v) is 11.5. The molecule has 0 unspecified atom stereocenters. The van der Waals surface area contributed by atoms with Gasteiger partial charge >= 0.3 is 0 Å². The van der Waals surface area contributed by atoms with Crippen LogP contribution in [0.2, 0.25) is 10.0 Å². The summed E-state index contributed by atoms with van der Waals surface area (Å²) in [5.74, 6) is -0.144. The second-order valence-electron chi connectivity index (χ2n) is 6.79. The fourth-order valence-electron chi connectivity index (χ4n) is 2.82. The highest BCUT2D eigenvalue weighted by Gasteiger charge is 2.10. The predicted molar refractivity (Wildman–Crippen MR) is 126 cm³/mol. The second-order valence-corrected chi connectivity index (χ2v) is 8.52. The summed E-state index contributed by atoms with van der Waals surface area (Å²) in [7, 11) is 0. The number of amides is 1. The fraction of sp³-hybridized carbons (Fsp3) is 0.273. The van der Waals surface area contributed by atoms with Gasteiger partial charge in [-0.15, -0.1) is 11.3 Å². The normalized spacial score (nSPS) is 10.7. The molecule has 0 spiro atoms. The molecule has 0 saturated heterocycles. The topological polar surface area (TPSA) is 66.1 Å². The zero-order valence-corrected chi connectivity index (χ0v) is 18.8. The van der Waals surface area contributed by atoms with Gasteiger partial charge in [0.1, 0.15) is 5.69 Å². The van der Waals surface area contributed by atoms with E-state index in [1.54, 1.807) is 17.5 Å². The third-order valence-corrected chi connectivity index (χ3v) is 5.61. The standard InChI is InChI=1S/C22H24Cl2N4OS/c23-17-7-9-19(10-8-17)27-22-28-20(15-30-22)21(29)26-12-3-1-2-11-25-14-16-5-4-6-18(24)13-16/h4-10,13,15,25H,1-3,11-12,14H2,(H,26,29)(H,27,28). The van der Waals surface area contributed by atoms with Crippen molar-refractivity contribution in [2.45, 2.75) is 25.8 Å². The fourth-order valence-corrected chi connectivity index (χ4v) is 3.87. The van der Waals surface area contributed by atoms with Crippen molar-refractivity contribution in [3.63, 3.8) is 0 Å². The van der Waals surface area contributed by atoms with Crippen molar-refractivity contribution in [1.29, 1.82) is 0 Å². The van der Waals surface area contributed by atoms with Crippen LogP contribution in [-0.2, 0) is 6.54 Å². The molecule has 2 aromatic carbocycles. The van der Waals surface area contributed by atoms with Crippen LogP contribution in [0.5, 0.6) is 0 Å². The smallest absolute Gasteiger partial charge is 0.270 e. The molecule has 30 heavy (non-hydrogen) atoms. The van der Waals surface area contributed by atoms with Crippen molar-refractivity contribution in [3.8, 4) is 0 Å². The molecule has 158 valence electrons. The van der Waals surface area contributed by atoms with Crippen molar-refractivity contribution in [2.24, 2.45) is 0 Å². The molecule has 1 heterocycles. The van der Waals surface area contributed by atoms with Gasteiger partial charge in [0, 0.05) is 34.2 Å². The van der Waals surface area contributed by atoms with Crippen molar-refractivity contribution in [1.82, 2.24) is 15.6 Å². The van der Waals surface area contributed by atoms with Crippen LogP contribution in [0.3, 0.4) is 0 Å². The molecule has 0 atom stereocenters. The van der Waals surface area contributed by atoms with Gasteiger partial charge in [0.15, 0.2) is 5.13 Å². The number of aromatic nitrogens is 1. The number of thiazole rings is 1. The van der Waals surface area contributed by atoms with E-state index in [1.165, 1.54) is 16.9 Å². The highest BCUT2D eigenvalue weighted by atomic mass is 35.5. The Morgan fingerprint density at radius 2 is 1.77 bits per heavy atom. The van der Waals surface area contributed by atoms with Crippen LogP contribution < -0.4 is 16.0 Å². The number of rotatable bonds is 11. The number of anilines is 2. The Bertz CT molecular complexity index is 946. The van der Waals surface area contributed by atoms with E-state index in [-0.39, 0.29) is 5.91 Å². The van der Waals surface area contributed by atoms with Gasteiger partial charge in [-0.3, -0.25) is 4.79 Å². The van der Waals surface area contributed by atoms with E-state index in [0.717, 1.165) is 43.1 Å². The molecule has 1 aromatic heterocycles. The maximum atomic E-state index is 12.2. The molecule has 0 bridgehead atoms. The molecule has 0 fully saturated rings. The lowest BCUT2D eigenvalue weighted by Gasteiger charge is -2.06. The van der Waals surface area contributed by atoms with Crippen molar-refractivity contribution in [2.75, 3.05) is 18.4 Å². The molecule has 3 rings (SSSR count). The number of nitrogens with one attached hydrogen (secondary N) is 3. The molecular weight excluding hydrogens is 439 g/mol. The summed E-state index contributed by atoms with van der Waals surface area (Å²) in [6.07, 6.45) is 3.04. The zero-order valence-electron chi connectivity index (χ0n) is 16.5. The summed E-state index contributed by atoms with van der Waals surface area (Å²) in [5, 5.41) is 13.4. The molecule has 0 aliphatic rings. The second kappa shape index (κ2) is 11.9. The number of halogens is 2. The maximum absolute atomic E-state index is 12.2. The van der Waals surface area contributed by atoms with Crippen LogP contribution in [0.4, 0.5) is 10.8 Å². The molecule has 5 nitrogen and oxygen atoms in total. The van der Waals surface area contributed by atoms with Gasteiger partial charge in [0.2, 0.25) is 0 Å². The highest BCUT2D eigenvalue weighted by Crippen LogP contribution is 2.22. The number of carbonyl (C=O) groups excluding carboxylic acids is 1.